The van der Waals surface area contributed by atoms with Gasteiger partial charge in [0.05, 0.1) is 0 Å². The minimum Gasteiger partial charge on any atom is -0.271 e. The van der Waals surface area contributed by atoms with Gasteiger partial charge in [-0.05, 0) is 48.9 Å². The van der Waals surface area contributed by atoms with Crippen molar-refractivity contribution < 1.29 is 4.39 Å². The van der Waals surface area contributed by atoms with Crippen molar-refractivity contribution in [2.75, 3.05) is 0 Å². The highest BCUT2D eigenvalue weighted by Gasteiger charge is 2.27. The molecule has 0 radical (unpaired) electrons. The Labute approximate surface area is 104 Å². The number of hydrazine groups is 1. The molecular formula is C12H16BrFN2. The lowest BCUT2D eigenvalue weighted by Gasteiger charge is -2.33. The second kappa shape index (κ2) is 5.25. The second-order valence-electron chi connectivity index (χ2n) is 4.40. The normalized spacial score (nSPS) is 18.2. The summed E-state index contributed by atoms with van der Waals surface area (Å²) in [7, 11) is 0. The Morgan fingerprint density at radius 1 is 1.50 bits per heavy atom. The summed E-state index contributed by atoms with van der Waals surface area (Å²) in [5.41, 5.74) is 3.54. The van der Waals surface area contributed by atoms with Crippen LogP contribution in [0.25, 0.3) is 0 Å². The van der Waals surface area contributed by atoms with E-state index >= 15 is 0 Å². The van der Waals surface area contributed by atoms with Crippen LogP contribution in [0.15, 0.2) is 22.7 Å². The van der Waals surface area contributed by atoms with E-state index in [1.807, 2.05) is 6.07 Å². The Hall–Kier alpha value is -0.450. The van der Waals surface area contributed by atoms with E-state index in [0.29, 0.717) is 12.3 Å². The van der Waals surface area contributed by atoms with Crippen molar-refractivity contribution in [1.82, 2.24) is 5.43 Å². The summed E-state index contributed by atoms with van der Waals surface area (Å²) in [5.74, 6) is 5.99. The average molecular weight is 287 g/mol. The van der Waals surface area contributed by atoms with Crippen LogP contribution in [-0.2, 0) is 6.42 Å². The van der Waals surface area contributed by atoms with Crippen LogP contribution in [0.1, 0.15) is 24.8 Å². The first-order valence-corrected chi connectivity index (χ1v) is 6.40. The van der Waals surface area contributed by atoms with E-state index in [4.69, 9.17) is 5.84 Å². The number of halogens is 2. The molecule has 2 nitrogen and oxygen atoms in total. The molecule has 1 fully saturated rings. The Bertz CT molecular complexity index is 366. The first-order valence-electron chi connectivity index (χ1n) is 5.60. The van der Waals surface area contributed by atoms with E-state index in [9.17, 15) is 4.39 Å². The van der Waals surface area contributed by atoms with Gasteiger partial charge < -0.3 is 0 Å². The molecule has 0 spiro atoms. The summed E-state index contributed by atoms with van der Waals surface area (Å²) < 4.78 is 14.5. The van der Waals surface area contributed by atoms with Crippen LogP contribution in [0.2, 0.25) is 0 Å². The maximum atomic E-state index is 13.6. The van der Waals surface area contributed by atoms with Crippen molar-refractivity contribution in [2.45, 2.75) is 31.7 Å². The molecule has 2 rings (SSSR count). The molecule has 1 unspecified atom stereocenters. The van der Waals surface area contributed by atoms with Gasteiger partial charge >= 0.3 is 0 Å². The van der Waals surface area contributed by atoms with E-state index in [2.05, 4.69) is 21.4 Å². The molecule has 3 N–H and O–H groups in total. The third kappa shape index (κ3) is 2.62. The molecule has 1 aliphatic carbocycles. The predicted octanol–water partition coefficient (Wildman–Crippen LogP) is 2.76. The Balaban J connectivity index is 2.08. The van der Waals surface area contributed by atoms with Crippen molar-refractivity contribution in [3.8, 4) is 0 Å². The van der Waals surface area contributed by atoms with Gasteiger partial charge in [0.2, 0.25) is 0 Å². The fraction of sp³-hybridized carbons (Fsp3) is 0.500. The van der Waals surface area contributed by atoms with E-state index in [1.165, 1.54) is 25.3 Å². The van der Waals surface area contributed by atoms with Crippen LogP contribution in [0.4, 0.5) is 4.39 Å². The molecule has 0 saturated heterocycles. The van der Waals surface area contributed by atoms with Crippen LogP contribution in [0.5, 0.6) is 0 Å². The number of nitrogens with two attached hydrogens (primary N) is 1. The van der Waals surface area contributed by atoms with Gasteiger partial charge in [0, 0.05) is 10.5 Å². The van der Waals surface area contributed by atoms with Crippen molar-refractivity contribution in [3.05, 3.63) is 34.1 Å². The zero-order valence-electron chi connectivity index (χ0n) is 9.05. The Kier molecular flexibility index (Phi) is 3.95. The molecule has 1 aromatic carbocycles. The lowest BCUT2D eigenvalue weighted by molar-refractivity contribution is 0.227. The smallest absolute Gasteiger partial charge is 0.126 e. The molecule has 0 aliphatic heterocycles. The highest BCUT2D eigenvalue weighted by molar-refractivity contribution is 9.10. The molecule has 0 amide bonds. The molecule has 88 valence electrons. The van der Waals surface area contributed by atoms with Crippen LogP contribution in [0.3, 0.4) is 0 Å². The van der Waals surface area contributed by atoms with Gasteiger partial charge in [0.1, 0.15) is 5.82 Å². The minimum absolute atomic E-state index is 0.150. The van der Waals surface area contributed by atoms with E-state index in [0.717, 1.165) is 10.0 Å². The summed E-state index contributed by atoms with van der Waals surface area (Å²) >= 11 is 3.36. The number of hydrogen-bond donors (Lipinski definition) is 2. The van der Waals surface area contributed by atoms with Crippen molar-refractivity contribution in [2.24, 2.45) is 11.8 Å². The van der Waals surface area contributed by atoms with Crippen LogP contribution < -0.4 is 11.3 Å². The van der Waals surface area contributed by atoms with Gasteiger partial charge in [-0.2, -0.15) is 0 Å². The highest BCUT2D eigenvalue weighted by atomic mass is 79.9. The van der Waals surface area contributed by atoms with Crippen molar-refractivity contribution in [1.29, 1.82) is 0 Å². The largest absolute Gasteiger partial charge is 0.271 e. The Morgan fingerprint density at radius 2 is 2.25 bits per heavy atom. The SMILES string of the molecule is NNC(Cc1cc(Br)ccc1F)C1CCC1. The molecule has 0 bridgehead atoms. The quantitative estimate of drug-likeness (QED) is 0.660. The van der Waals surface area contributed by atoms with E-state index < -0.39 is 0 Å². The standard InChI is InChI=1S/C12H16BrFN2/c13-10-4-5-11(14)9(6-10)7-12(16-15)8-2-1-3-8/h4-6,8,12,16H,1-3,7,15H2. The van der Waals surface area contributed by atoms with Crippen molar-refractivity contribution in [3.63, 3.8) is 0 Å². The second-order valence-corrected chi connectivity index (χ2v) is 5.32. The number of benzene rings is 1. The minimum atomic E-state index is -0.150. The molecule has 1 saturated carbocycles. The summed E-state index contributed by atoms with van der Waals surface area (Å²) in [6.45, 7) is 0. The predicted molar refractivity (Wildman–Crippen MR) is 66.3 cm³/mol. The molecule has 16 heavy (non-hydrogen) atoms. The van der Waals surface area contributed by atoms with Gasteiger partial charge in [0.15, 0.2) is 0 Å². The van der Waals surface area contributed by atoms with E-state index in [-0.39, 0.29) is 11.9 Å². The van der Waals surface area contributed by atoms with E-state index in [1.54, 1.807) is 6.07 Å². The molecule has 0 heterocycles. The zero-order valence-corrected chi connectivity index (χ0v) is 10.6. The summed E-state index contributed by atoms with van der Waals surface area (Å²) in [6, 6.07) is 5.23. The fourth-order valence-corrected chi connectivity index (χ4v) is 2.55. The van der Waals surface area contributed by atoms with Crippen LogP contribution >= 0.6 is 15.9 Å². The van der Waals surface area contributed by atoms with Crippen LogP contribution in [0, 0.1) is 11.7 Å². The third-order valence-corrected chi connectivity index (χ3v) is 3.87. The first kappa shape index (κ1) is 12.0. The Morgan fingerprint density at radius 3 is 2.81 bits per heavy atom. The maximum absolute atomic E-state index is 13.6. The monoisotopic (exact) mass is 286 g/mol. The van der Waals surface area contributed by atoms with Gasteiger partial charge in [-0.3, -0.25) is 11.3 Å². The van der Waals surface area contributed by atoms with Gasteiger partial charge in [-0.15, -0.1) is 0 Å². The number of hydrogen-bond acceptors (Lipinski definition) is 2. The van der Waals surface area contributed by atoms with Gasteiger partial charge in [-0.25, -0.2) is 4.39 Å². The summed E-state index contributed by atoms with van der Waals surface area (Å²) in [5, 5.41) is 0. The fourth-order valence-electron chi connectivity index (χ4n) is 2.14. The molecule has 1 atom stereocenters. The van der Waals surface area contributed by atoms with Gasteiger partial charge in [-0.1, -0.05) is 22.4 Å². The van der Waals surface area contributed by atoms with Crippen molar-refractivity contribution >= 4 is 15.9 Å². The molecule has 1 aliphatic rings. The van der Waals surface area contributed by atoms with Crippen LogP contribution in [-0.4, -0.2) is 6.04 Å². The highest BCUT2D eigenvalue weighted by Crippen LogP contribution is 2.31. The molecule has 1 aromatic rings. The molecule has 4 heteroatoms. The number of rotatable bonds is 4. The summed E-state index contributed by atoms with van der Waals surface area (Å²) in [4.78, 5) is 0. The maximum Gasteiger partial charge on any atom is 0.126 e. The average Bonchev–Trinajstić information content (AvgIpc) is 2.19. The summed E-state index contributed by atoms with van der Waals surface area (Å²) in [6.07, 6.45) is 4.32. The zero-order chi connectivity index (χ0) is 11.5. The third-order valence-electron chi connectivity index (χ3n) is 3.38. The lowest BCUT2D eigenvalue weighted by atomic mass is 9.78. The molecule has 0 aromatic heterocycles. The lowest BCUT2D eigenvalue weighted by Crippen LogP contribution is -2.45. The first-order chi connectivity index (χ1) is 7.70. The topological polar surface area (TPSA) is 38.0 Å². The molecular weight excluding hydrogens is 271 g/mol. The number of nitrogens with one attached hydrogen (secondary N) is 1. The van der Waals surface area contributed by atoms with Gasteiger partial charge in [0.25, 0.3) is 0 Å².